The number of hydrogen-bond acceptors (Lipinski definition) is 14. The minimum Gasteiger partial charge on any atom is -0.394 e. The molecular weight excluding hydrogens is 616 g/mol. The molecule has 2 aliphatic heterocycles. The van der Waals surface area contributed by atoms with E-state index < -0.39 is 86.3 Å². The maximum atomic E-state index is 12.1. The fraction of sp³-hybridized carbons (Fsp3) is 0.857. The molecule has 4 unspecified atom stereocenters. The summed E-state index contributed by atoms with van der Waals surface area (Å²) in [6.45, 7) is 2.11. The van der Waals surface area contributed by atoms with Crippen molar-refractivity contribution >= 4 is 23.6 Å². The van der Waals surface area contributed by atoms with Crippen LogP contribution in [-0.4, -0.2) is 155 Å². The molecule has 10 N–H and O–H groups in total. The number of rotatable bonds is 19. The van der Waals surface area contributed by atoms with Gasteiger partial charge in [0, 0.05) is 53.0 Å². The highest BCUT2D eigenvalue weighted by molar-refractivity contribution is 5.77. The summed E-state index contributed by atoms with van der Waals surface area (Å²) in [5.41, 5.74) is 0. The fourth-order valence-corrected chi connectivity index (χ4v) is 4.98. The van der Waals surface area contributed by atoms with Crippen molar-refractivity contribution in [2.24, 2.45) is 0 Å². The van der Waals surface area contributed by atoms with E-state index in [0.717, 1.165) is 0 Å². The zero-order chi connectivity index (χ0) is 34.2. The molecule has 0 spiro atoms. The molecule has 0 bridgehead atoms. The quantitative estimate of drug-likeness (QED) is 0.0582. The molecule has 0 saturated carbocycles. The molecule has 0 aromatic heterocycles. The lowest BCUT2D eigenvalue weighted by Gasteiger charge is -2.42. The van der Waals surface area contributed by atoms with E-state index in [4.69, 9.17) is 18.9 Å². The summed E-state index contributed by atoms with van der Waals surface area (Å²) < 4.78 is 22.2. The molecule has 2 heterocycles. The third kappa shape index (κ3) is 12.9. The highest BCUT2D eigenvalue weighted by atomic mass is 16.7. The van der Waals surface area contributed by atoms with Crippen LogP contribution in [0.4, 0.5) is 0 Å². The van der Waals surface area contributed by atoms with Gasteiger partial charge in [0.2, 0.25) is 23.6 Å². The highest BCUT2D eigenvalue weighted by Crippen LogP contribution is 2.23. The number of carbonyl (C=O) groups excluding carboxylic acids is 4. The zero-order valence-corrected chi connectivity index (χ0v) is 26.2. The second-order valence-electron chi connectivity index (χ2n) is 11.2. The van der Waals surface area contributed by atoms with Crippen LogP contribution in [0.5, 0.6) is 0 Å². The molecule has 0 radical (unpaired) electrons. The number of aliphatic hydroxyl groups excluding tert-OH is 6. The largest absolute Gasteiger partial charge is 0.394 e. The van der Waals surface area contributed by atoms with Crippen LogP contribution in [0.2, 0.25) is 0 Å². The first kappa shape index (κ1) is 39.7. The summed E-state index contributed by atoms with van der Waals surface area (Å²) in [6, 6.07) is -2.07. The van der Waals surface area contributed by atoms with Gasteiger partial charge in [-0.25, -0.2) is 0 Å². The molecule has 0 aliphatic carbocycles. The van der Waals surface area contributed by atoms with Gasteiger partial charge in [0.15, 0.2) is 12.6 Å². The van der Waals surface area contributed by atoms with Crippen molar-refractivity contribution in [3.05, 3.63) is 0 Å². The van der Waals surface area contributed by atoms with Gasteiger partial charge in [-0.05, 0) is 25.7 Å². The molecule has 18 heteroatoms. The molecule has 0 aromatic rings. The lowest BCUT2D eigenvalue weighted by Crippen LogP contribution is -2.64. The molecule has 18 nitrogen and oxygen atoms in total. The molecule has 2 fully saturated rings. The van der Waals surface area contributed by atoms with Crippen molar-refractivity contribution in [3.63, 3.8) is 0 Å². The molecule has 2 saturated heterocycles. The van der Waals surface area contributed by atoms with Gasteiger partial charge in [-0.2, -0.15) is 0 Å². The Hall–Kier alpha value is -2.52. The number of amides is 4. The van der Waals surface area contributed by atoms with E-state index in [9.17, 15) is 49.8 Å². The van der Waals surface area contributed by atoms with Crippen molar-refractivity contribution in [1.29, 1.82) is 0 Å². The van der Waals surface area contributed by atoms with Crippen molar-refractivity contribution in [1.82, 2.24) is 21.3 Å². The van der Waals surface area contributed by atoms with Crippen molar-refractivity contribution in [2.75, 3.05) is 39.5 Å². The monoisotopic (exact) mass is 666 g/mol. The number of aliphatic hydroxyl groups is 6. The summed E-state index contributed by atoms with van der Waals surface area (Å²) in [5, 5.41) is 69.7. The molecule has 46 heavy (non-hydrogen) atoms. The predicted octanol–water partition coefficient (Wildman–Crippen LogP) is -4.52. The van der Waals surface area contributed by atoms with Crippen LogP contribution in [0.3, 0.4) is 0 Å². The van der Waals surface area contributed by atoms with Gasteiger partial charge in [-0.1, -0.05) is 0 Å². The Bertz CT molecular complexity index is 887. The van der Waals surface area contributed by atoms with E-state index in [1.807, 2.05) is 0 Å². The van der Waals surface area contributed by atoms with E-state index in [1.165, 1.54) is 13.8 Å². The molecule has 4 amide bonds. The fourth-order valence-electron chi connectivity index (χ4n) is 4.98. The molecule has 266 valence electrons. The van der Waals surface area contributed by atoms with Crippen LogP contribution < -0.4 is 21.3 Å². The second kappa shape index (κ2) is 20.7. The zero-order valence-electron chi connectivity index (χ0n) is 26.2. The molecule has 10 atom stereocenters. The summed E-state index contributed by atoms with van der Waals surface area (Å²) in [7, 11) is 0. The Balaban J connectivity index is 1.55. The highest BCUT2D eigenvalue weighted by Gasteiger charge is 2.46. The van der Waals surface area contributed by atoms with Gasteiger partial charge in [0.05, 0.1) is 13.2 Å². The van der Waals surface area contributed by atoms with E-state index in [1.54, 1.807) is 0 Å². The Morgan fingerprint density at radius 3 is 1.30 bits per heavy atom. The van der Waals surface area contributed by atoms with Crippen LogP contribution >= 0.6 is 0 Å². The minimum atomic E-state index is -1.40. The first-order valence-electron chi connectivity index (χ1n) is 15.4. The third-order valence-corrected chi connectivity index (χ3v) is 7.43. The third-order valence-electron chi connectivity index (χ3n) is 7.43. The van der Waals surface area contributed by atoms with Crippen molar-refractivity contribution in [3.8, 4) is 0 Å². The van der Waals surface area contributed by atoms with E-state index >= 15 is 0 Å². The van der Waals surface area contributed by atoms with Crippen LogP contribution in [0.25, 0.3) is 0 Å². The second-order valence-corrected chi connectivity index (χ2v) is 11.2. The van der Waals surface area contributed by atoms with Gasteiger partial charge in [0.25, 0.3) is 0 Å². The van der Waals surface area contributed by atoms with Gasteiger partial charge in [-0.15, -0.1) is 0 Å². The minimum absolute atomic E-state index is 0.133. The maximum Gasteiger partial charge on any atom is 0.220 e. The van der Waals surface area contributed by atoms with Crippen LogP contribution in [0, 0.1) is 0 Å². The topological polar surface area (TPSA) is 275 Å². The molecule has 2 rings (SSSR count). The summed E-state index contributed by atoms with van der Waals surface area (Å²) in [6.07, 6.45) is -7.74. The summed E-state index contributed by atoms with van der Waals surface area (Å²) >= 11 is 0. The smallest absolute Gasteiger partial charge is 0.220 e. The first-order chi connectivity index (χ1) is 21.9. The number of carbonyl (C=O) groups is 4. The van der Waals surface area contributed by atoms with Gasteiger partial charge in [-0.3, -0.25) is 19.2 Å². The molecule has 0 aromatic carbocycles. The average molecular weight is 667 g/mol. The first-order valence-corrected chi connectivity index (χ1v) is 15.4. The van der Waals surface area contributed by atoms with Gasteiger partial charge in [0.1, 0.15) is 48.7 Å². The maximum absolute atomic E-state index is 12.1. The Morgan fingerprint density at radius 1 is 0.609 bits per heavy atom. The summed E-state index contributed by atoms with van der Waals surface area (Å²) in [5.74, 6) is -1.36. The van der Waals surface area contributed by atoms with Gasteiger partial charge < -0.3 is 70.9 Å². The standard InChI is InChI=1S/C28H50N4O14/c1-15(35)31-21-25(41)23(39)17(13-33)45-27(21)43-11-5-3-7-19(37)29-9-10-30-20(38)8-4-6-12-44-28-22(32-16(2)36)26(42)24(40)18(14-34)46-28/h17-18,21-28,33-34,39-42H,3-14H2,1-2H3,(H,29,37)(H,30,38)(H,31,35)(H,32,36)/t17?,18?,21-,22-,23-,24-,25?,26?,27+,28+/m0/s1. The number of unbranched alkanes of at least 4 members (excludes halogenated alkanes) is 2. The van der Waals surface area contributed by atoms with Crippen LogP contribution in [0.15, 0.2) is 0 Å². The predicted molar refractivity (Wildman–Crippen MR) is 156 cm³/mol. The molecular formula is C28H50N4O14. The number of ether oxygens (including phenoxy) is 4. The van der Waals surface area contributed by atoms with E-state index in [0.29, 0.717) is 25.7 Å². The lowest BCUT2D eigenvalue weighted by atomic mass is 9.97. The Morgan fingerprint density at radius 2 is 0.978 bits per heavy atom. The average Bonchev–Trinajstić information content (AvgIpc) is 3.01. The normalized spacial score (nSPS) is 31.1. The Labute approximate surface area is 267 Å². The lowest BCUT2D eigenvalue weighted by molar-refractivity contribution is -0.270. The number of hydrogen-bond donors (Lipinski definition) is 10. The van der Waals surface area contributed by atoms with Crippen molar-refractivity contribution < 1.29 is 68.8 Å². The van der Waals surface area contributed by atoms with Crippen LogP contribution in [-0.2, 0) is 38.1 Å². The number of nitrogens with one attached hydrogen (secondary N) is 4. The SMILES string of the molecule is CC(=O)N[C@H]1C(O)[C@@H](O)C(CO)O[C@H]1OCCCCC(=O)NCCNC(=O)CCCCO[C@@H]1OC(CO)[C@H](O)C(O)[C@@H]1NC(C)=O. The van der Waals surface area contributed by atoms with Crippen molar-refractivity contribution in [2.45, 2.75) is 114 Å². The van der Waals surface area contributed by atoms with Gasteiger partial charge >= 0.3 is 0 Å². The Kier molecular flexibility index (Phi) is 17.8. The van der Waals surface area contributed by atoms with E-state index in [-0.39, 0.29) is 51.0 Å². The van der Waals surface area contributed by atoms with E-state index in [2.05, 4.69) is 21.3 Å². The molecule has 2 aliphatic rings. The summed E-state index contributed by atoms with van der Waals surface area (Å²) in [4.78, 5) is 47.2. The van der Waals surface area contributed by atoms with Crippen LogP contribution in [0.1, 0.15) is 52.4 Å².